The molecular weight excluding hydrogens is 204 g/mol. The average molecular weight is 213 g/mol. The maximum absolute atomic E-state index is 8.67. The van der Waals surface area contributed by atoms with Crippen LogP contribution in [0, 0.1) is 11.3 Å². The van der Waals surface area contributed by atoms with Gasteiger partial charge in [0, 0.05) is 17.2 Å². The van der Waals surface area contributed by atoms with Gasteiger partial charge in [0.15, 0.2) is 0 Å². The van der Waals surface area contributed by atoms with Gasteiger partial charge in [-0.05, 0) is 28.4 Å². The molecule has 0 spiro atoms. The number of rotatable bonds is 2. The molecule has 1 aromatic heterocycles. The van der Waals surface area contributed by atoms with Gasteiger partial charge >= 0.3 is 0 Å². The highest BCUT2D eigenvalue weighted by Crippen LogP contribution is 2.14. The minimum atomic E-state index is 0.721. The topological polar surface area (TPSA) is 28.7 Å². The van der Waals surface area contributed by atoms with Gasteiger partial charge in [-0.15, -0.1) is 0 Å². The van der Waals surface area contributed by atoms with Crippen molar-refractivity contribution >= 4 is 15.9 Å². The summed E-state index contributed by atoms with van der Waals surface area (Å²) in [6, 6.07) is 3.96. The molecule has 0 fully saturated rings. The zero-order valence-corrected chi connectivity index (χ0v) is 7.93. The predicted molar refractivity (Wildman–Crippen MR) is 47.1 cm³/mol. The first kappa shape index (κ1) is 8.35. The second kappa shape index (κ2) is 3.59. The Morgan fingerprint density at radius 2 is 2.45 bits per heavy atom. The minimum absolute atomic E-state index is 0.721. The van der Waals surface area contributed by atoms with Crippen LogP contribution in [0.1, 0.15) is 19.0 Å². The molecule has 1 rings (SSSR count). The van der Waals surface area contributed by atoms with Crippen LogP contribution < -0.4 is 0 Å². The van der Waals surface area contributed by atoms with Crippen molar-refractivity contribution in [2.75, 3.05) is 0 Å². The van der Waals surface area contributed by atoms with Crippen LogP contribution in [0.15, 0.2) is 16.7 Å². The van der Waals surface area contributed by atoms with Gasteiger partial charge in [0.2, 0.25) is 0 Å². The SMILES string of the molecule is CCCn1cc(Br)cc1C#N. The fourth-order valence-electron chi connectivity index (χ4n) is 0.992. The molecule has 0 atom stereocenters. The molecule has 0 saturated carbocycles. The van der Waals surface area contributed by atoms with Crippen LogP contribution in [0.2, 0.25) is 0 Å². The van der Waals surface area contributed by atoms with E-state index in [9.17, 15) is 0 Å². The molecule has 0 N–H and O–H groups in total. The number of aryl methyl sites for hydroxylation is 1. The smallest absolute Gasteiger partial charge is 0.121 e. The van der Waals surface area contributed by atoms with E-state index in [1.807, 2.05) is 16.8 Å². The first-order valence-electron chi connectivity index (χ1n) is 3.53. The Hall–Kier alpha value is -0.750. The van der Waals surface area contributed by atoms with Crippen molar-refractivity contribution in [1.82, 2.24) is 4.57 Å². The second-order valence-corrected chi connectivity index (χ2v) is 3.26. The molecule has 58 valence electrons. The van der Waals surface area contributed by atoms with Crippen LogP contribution in [0.5, 0.6) is 0 Å². The molecule has 0 aliphatic heterocycles. The van der Waals surface area contributed by atoms with E-state index in [4.69, 9.17) is 5.26 Å². The van der Waals surface area contributed by atoms with Gasteiger partial charge in [-0.3, -0.25) is 0 Å². The second-order valence-electron chi connectivity index (χ2n) is 2.35. The van der Waals surface area contributed by atoms with E-state index >= 15 is 0 Å². The zero-order chi connectivity index (χ0) is 8.27. The standard InChI is InChI=1S/C8H9BrN2/c1-2-3-11-6-7(9)4-8(11)5-10/h4,6H,2-3H2,1H3. The number of halogens is 1. The van der Waals surface area contributed by atoms with Crippen LogP contribution in [-0.2, 0) is 6.54 Å². The van der Waals surface area contributed by atoms with Crippen LogP contribution in [0.25, 0.3) is 0 Å². The van der Waals surface area contributed by atoms with Crippen molar-refractivity contribution < 1.29 is 0 Å². The van der Waals surface area contributed by atoms with E-state index in [2.05, 4.69) is 28.9 Å². The van der Waals surface area contributed by atoms with Crippen molar-refractivity contribution in [3.8, 4) is 6.07 Å². The van der Waals surface area contributed by atoms with Crippen molar-refractivity contribution in [2.45, 2.75) is 19.9 Å². The zero-order valence-electron chi connectivity index (χ0n) is 6.34. The monoisotopic (exact) mass is 212 g/mol. The number of nitrogens with zero attached hydrogens (tertiary/aromatic N) is 2. The van der Waals surface area contributed by atoms with Crippen LogP contribution in [0.3, 0.4) is 0 Å². The van der Waals surface area contributed by atoms with Gasteiger partial charge in [0.05, 0.1) is 0 Å². The van der Waals surface area contributed by atoms with E-state index in [-0.39, 0.29) is 0 Å². The van der Waals surface area contributed by atoms with E-state index in [1.165, 1.54) is 0 Å². The molecule has 1 aromatic rings. The molecule has 2 nitrogen and oxygen atoms in total. The Kier molecular flexibility index (Phi) is 2.72. The molecule has 11 heavy (non-hydrogen) atoms. The van der Waals surface area contributed by atoms with Crippen LogP contribution >= 0.6 is 15.9 Å². The molecule has 1 heterocycles. The largest absolute Gasteiger partial charge is 0.338 e. The van der Waals surface area contributed by atoms with Gasteiger partial charge in [-0.25, -0.2) is 0 Å². The first-order valence-corrected chi connectivity index (χ1v) is 4.33. The summed E-state index contributed by atoms with van der Waals surface area (Å²) in [4.78, 5) is 0. The minimum Gasteiger partial charge on any atom is -0.338 e. The lowest BCUT2D eigenvalue weighted by Gasteiger charge is -1.98. The summed E-state index contributed by atoms with van der Waals surface area (Å²) in [6.07, 6.45) is 2.98. The first-order chi connectivity index (χ1) is 5.27. The molecule has 0 radical (unpaired) electrons. The summed E-state index contributed by atoms with van der Waals surface area (Å²) in [5.41, 5.74) is 0.721. The van der Waals surface area contributed by atoms with Crippen molar-refractivity contribution in [3.05, 3.63) is 22.4 Å². The Labute approximate surface area is 74.6 Å². The predicted octanol–water partition coefficient (Wildman–Crippen LogP) is 2.53. The van der Waals surface area contributed by atoms with Gasteiger partial charge in [-0.2, -0.15) is 5.26 Å². The molecule has 0 aromatic carbocycles. The fraction of sp³-hybridized carbons (Fsp3) is 0.375. The molecule has 0 unspecified atom stereocenters. The lowest BCUT2D eigenvalue weighted by Crippen LogP contribution is -1.96. The van der Waals surface area contributed by atoms with Crippen molar-refractivity contribution in [2.24, 2.45) is 0 Å². The quantitative estimate of drug-likeness (QED) is 0.741. The number of nitriles is 1. The molecule has 0 aliphatic rings. The number of hydrogen-bond donors (Lipinski definition) is 0. The molecule has 0 saturated heterocycles. The van der Waals surface area contributed by atoms with Gasteiger partial charge in [0.25, 0.3) is 0 Å². The molecule has 0 bridgehead atoms. The lowest BCUT2D eigenvalue weighted by molar-refractivity contribution is 0.675. The lowest BCUT2D eigenvalue weighted by atomic mass is 10.4. The van der Waals surface area contributed by atoms with E-state index in [1.54, 1.807) is 0 Å². The summed E-state index contributed by atoms with van der Waals surface area (Å²) >= 11 is 3.32. The normalized spacial score (nSPS) is 9.55. The highest BCUT2D eigenvalue weighted by molar-refractivity contribution is 9.10. The van der Waals surface area contributed by atoms with Crippen molar-refractivity contribution in [1.29, 1.82) is 5.26 Å². The maximum Gasteiger partial charge on any atom is 0.121 e. The summed E-state index contributed by atoms with van der Waals surface area (Å²) in [5, 5.41) is 8.67. The third-order valence-corrected chi connectivity index (χ3v) is 1.88. The Morgan fingerprint density at radius 3 is 3.00 bits per heavy atom. The Balaban J connectivity index is 2.95. The van der Waals surface area contributed by atoms with Gasteiger partial charge in [0.1, 0.15) is 11.8 Å². The van der Waals surface area contributed by atoms with E-state index in [0.29, 0.717) is 0 Å². The fourth-order valence-corrected chi connectivity index (χ4v) is 1.46. The van der Waals surface area contributed by atoms with Crippen molar-refractivity contribution in [3.63, 3.8) is 0 Å². The van der Waals surface area contributed by atoms with Crippen LogP contribution in [0.4, 0.5) is 0 Å². The average Bonchev–Trinajstić information content (AvgIpc) is 2.32. The Bertz CT molecular complexity index is 283. The summed E-state index contributed by atoms with van der Waals surface area (Å²) in [5.74, 6) is 0. The summed E-state index contributed by atoms with van der Waals surface area (Å²) in [6.45, 7) is 3.00. The molecule has 0 aliphatic carbocycles. The third kappa shape index (κ3) is 1.84. The van der Waals surface area contributed by atoms with E-state index < -0.39 is 0 Å². The van der Waals surface area contributed by atoms with Gasteiger partial charge < -0.3 is 4.57 Å². The van der Waals surface area contributed by atoms with E-state index in [0.717, 1.165) is 23.1 Å². The molecule has 0 amide bonds. The highest BCUT2D eigenvalue weighted by Gasteiger charge is 2.00. The van der Waals surface area contributed by atoms with Gasteiger partial charge in [-0.1, -0.05) is 6.92 Å². The third-order valence-electron chi connectivity index (χ3n) is 1.44. The highest BCUT2D eigenvalue weighted by atomic mass is 79.9. The number of aromatic nitrogens is 1. The maximum atomic E-state index is 8.67. The summed E-state index contributed by atoms with van der Waals surface area (Å²) < 4.78 is 2.92. The Morgan fingerprint density at radius 1 is 1.73 bits per heavy atom. The number of hydrogen-bond acceptors (Lipinski definition) is 1. The van der Waals surface area contributed by atoms with Crippen LogP contribution in [-0.4, -0.2) is 4.57 Å². The molecule has 3 heteroatoms. The summed E-state index contributed by atoms with van der Waals surface area (Å²) in [7, 11) is 0. The molecular formula is C8H9BrN2.